The third-order valence-electron chi connectivity index (χ3n) is 0.853. The minimum absolute atomic E-state index is 0.825. The van der Waals surface area contributed by atoms with Crippen molar-refractivity contribution < 1.29 is 4.39 Å². The van der Waals surface area contributed by atoms with Crippen LogP contribution in [0.15, 0.2) is 0 Å². The van der Waals surface area contributed by atoms with E-state index >= 15 is 0 Å². The molecule has 9 heavy (non-hydrogen) atoms. The van der Waals surface area contributed by atoms with E-state index < -0.39 is 0 Å². The molecule has 0 atom stereocenters. The average Bonchev–Trinajstić information content (AvgIpc) is 1.89. The standard InChI is InChI=1S/C8H9F/c1-2-3-4-5-6-7-8-9/h2-4H2,1H3. The largest absolute Gasteiger partial charge is 0.143 e. The minimum atomic E-state index is 0.825. The predicted octanol–water partition coefficient (Wildman–Crippen LogP) is 2.11. The summed E-state index contributed by atoms with van der Waals surface area (Å²) in [4.78, 5) is 0. The van der Waals surface area contributed by atoms with E-state index in [1.54, 1.807) is 0 Å². The molecule has 0 radical (unpaired) electrons. The van der Waals surface area contributed by atoms with Crippen LogP contribution in [0.2, 0.25) is 0 Å². The lowest BCUT2D eigenvalue weighted by Gasteiger charge is -1.80. The Hall–Kier alpha value is -0.950. The van der Waals surface area contributed by atoms with E-state index in [2.05, 4.69) is 18.8 Å². The van der Waals surface area contributed by atoms with E-state index in [1.165, 1.54) is 6.17 Å². The minimum Gasteiger partial charge on any atom is -0.143 e. The van der Waals surface area contributed by atoms with E-state index in [4.69, 9.17) is 0 Å². The summed E-state index contributed by atoms with van der Waals surface area (Å²) in [5, 5.41) is 0. The van der Waals surface area contributed by atoms with Crippen LogP contribution in [0.5, 0.6) is 0 Å². The van der Waals surface area contributed by atoms with Gasteiger partial charge < -0.3 is 0 Å². The van der Waals surface area contributed by atoms with Crippen molar-refractivity contribution in [3.8, 4) is 23.9 Å². The summed E-state index contributed by atoms with van der Waals surface area (Å²) in [6.07, 6.45) is 4.24. The zero-order chi connectivity index (χ0) is 6.95. The van der Waals surface area contributed by atoms with Gasteiger partial charge in [-0.05, 0) is 12.3 Å². The molecule has 0 N–H and O–H groups in total. The summed E-state index contributed by atoms with van der Waals surface area (Å²) >= 11 is 0. The molecule has 0 rings (SSSR count). The molecule has 0 saturated carbocycles. The molecule has 0 fully saturated rings. The molecule has 0 aromatic rings. The summed E-state index contributed by atoms with van der Waals surface area (Å²) < 4.78 is 11.0. The van der Waals surface area contributed by atoms with Crippen molar-refractivity contribution in [3.63, 3.8) is 0 Å². The van der Waals surface area contributed by atoms with Crippen molar-refractivity contribution in [3.05, 3.63) is 0 Å². The van der Waals surface area contributed by atoms with E-state index in [0.29, 0.717) is 0 Å². The molecule has 0 bridgehead atoms. The van der Waals surface area contributed by atoms with Gasteiger partial charge in [0.05, 0.1) is 0 Å². The van der Waals surface area contributed by atoms with Crippen LogP contribution < -0.4 is 0 Å². The first kappa shape index (κ1) is 8.05. The van der Waals surface area contributed by atoms with E-state index in [1.807, 2.05) is 5.92 Å². The summed E-state index contributed by atoms with van der Waals surface area (Å²) in [5.41, 5.74) is 0. The van der Waals surface area contributed by atoms with Gasteiger partial charge in [-0.25, -0.2) is 0 Å². The molecule has 0 aromatic heterocycles. The van der Waals surface area contributed by atoms with Gasteiger partial charge >= 0.3 is 0 Å². The summed E-state index contributed by atoms with van der Waals surface area (Å²) in [6, 6.07) is 0. The Morgan fingerprint density at radius 3 is 2.67 bits per heavy atom. The molecule has 0 aliphatic carbocycles. The number of hydrogen-bond acceptors (Lipinski definition) is 0. The molecular formula is C8H9F. The van der Waals surface area contributed by atoms with Crippen molar-refractivity contribution in [2.24, 2.45) is 0 Å². The lowest BCUT2D eigenvalue weighted by Crippen LogP contribution is -1.65. The van der Waals surface area contributed by atoms with E-state index in [0.717, 1.165) is 19.3 Å². The van der Waals surface area contributed by atoms with Gasteiger partial charge in [0.2, 0.25) is 0 Å². The molecule has 0 heterocycles. The maximum atomic E-state index is 11.0. The topological polar surface area (TPSA) is 0 Å². The van der Waals surface area contributed by atoms with Gasteiger partial charge in [0, 0.05) is 12.3 Å². The lowest BCUT2D eigenvalue weighted by molar-refractivity contribution is 0.774. The van der Waals surface area contributed by atoms with Crippen LogP contribution in [0, 0.1) is 23.9 Å². The summed E-state index contributed by atoms with van der Waals surface area (Å²) in [5.74, 6) is 7.14. The van der Waals surface area contributed by atoms with Crippen LogP contribution in [-0.4, -0.2) is 0 Å². The Morgan fingerprint density at radius 2 is 2.11 bits per heavy atom. The Bertz CT molecular complexity index is 160. The molecule has 0 aliphatic rings. The van der Waals surface area contributed by atoms with E-state index in [9.17, 15) is 4.39 Å². The van der Waals surface area contributed by atoms with Crippen LogP contribution in [0.4, 0.5) is 4.39 Å². The predicted molar refractivity (Wildman–Crippen MR) is 36.2 cm³/mol. The van der Waals surface area contributed by atoms with Crippen LogP contribution >= 0.6 is 0 Å². The second-order valence-corrected chi connectivity index (χ2v) is 1.62. The molecular weight excluding hydrogens is 115 g/mol. The molecule has 0 aliphatic heterocycles. The van der Waals surface area contributed by atoms with Crippen molar-refractivity contribution >= 4 is 0 Å². The highest BCUT2D eigenvalue weighted by Crippen LogP contribution is 1.89. The van der Waals surface area contributed by atoms with Crippen LogP contribution in [0.3, 0.4) is 0 Å². The van der Waals surface area contributed by atoms with Crippen LogP contribution in [0.25, 0.3) is 0 Å². The van der Waals surface area contributed by atoms with Gasteiger partial charge in [0.15, 0.2) is 0 Å². The molecule has 48 valence electrons. The first-order chi connectivity index (χ1) is 4.41. The zero-order valence-corrected chi connectivity index (χ0v) is 5.50. The smallest absolute Gasteiger partial charge is 0.119 e. The summed E-state index contributed by atoms with van der Waals surface area (Å²) in [7, 11) is 0. The quantitative estimate of drug-likeness (QED) is 0.390. The molecule has 0 spiro atoms. The van der Waals surface area contributed by atoms with E-state index in [-0.39, 0.29) is 0 Å². The van der Waals surface area contributed by atoms with Gasteiger partial charge in [-0.1, -0.05) is 19.3 Å². The number of unbranched alkanes of at least 4 members (excludes halogenated alkanes) is 2. The number of rotatable bonds is 2. The third kappa shape index (κ3) is 7.05. The second-order valence-electron chi connectivity index (χ2n) is 1.62. The third-order valence-corrected chi connectivity index (χ3v) is 0.853. The lowest BCUT2D eigenvalue weighted by atomic mass is 10.2. The fourth-order valence-corrected chi connectivity index (χ4v) is 0.395. The van der Waals surface area contributed by atoms with Crippen LogP contribution in [0.1, 0.15) is 26.2 Å². The van der Waals surface area contributed by atoms with Gasteiger partial charge in [-0.3, -0.25) is 0 Å². The number of hydrogen-bond donors (Lipinski definition) is 0. The first-order valence-corrected chi connectivity index (χ1v) is 3.00. The fourth-order valence-electron chi connectivity index (χ4n) is 0.395. The Balaban J connectivity index is 3.23. The Labute approximate surface area is 55.5 Å². The van der Waals surface area contributed by atoms with Crippen molar-refractivity contribution in [2.45, 2.75) is 26.2 Å². The van der Waals surface area contributed by atoms with Gasteiger partial charge in [-0.15, -0.1) is 4.39 Å². The fraction of sp³-hybridized carbons (Fsp3) is 0.500. The van der Waals surface area contributed by atoms with Gasteiger partial charge in [0.25, 0.3) is 0 Å². The highest BCUT2D eigenvalue weighted by Gasteiger charge is 1.73. The number of halogens is 1. The summed E-state index contributed by atoms with van der Waals surface area (Å²) in [6.45, 7) is 2.09. The maximum Gasteiger partial charge on any atom is 0.119 e. The van der Waals surface area contributed by atoms with Crippen molar-refractivity contribution in [1.29, 1.82) is 0 Å². The maximum absolute atomic E-state index is 11.0. The van der Waals surface area contributed by atoms with Crippen LogP contribution in [-0.2, 0) is 0 Å². The molecule has 0 unspecified atom stereocenters. The van der Waals surface area contributed by atoms with Crippen molar-refractivity contribution in [2.75, 3.05) is 0 Å². The van der Waals surface area contributed by atoms with Crippen molar-refractivity contribution in [1.82, 2.24) is 0 Å². The van der Waals surface area contributed by atoms with Gasteiger partial charge in [0.1, 0.15) is 6.17 Å². The Morgan fingerprint density at radius 1 is 1.33 bits per heavy atom. The normalized spacial score (nSPS) is 6.44. The SMILES string of the molecule is CCCCC#CC#CF. The second kappa shape index (κ2) is 7.05. The highest BCUT2D eigenvalue weighted by atomic mass is 19.1. The average molecular weight is 124 g/mol. The highest BCUT2D eigenvalue weighted by molar-refractivity contribution is 5.23. The molecule has 0 nitrogen and oxygen atoms in total. The Kier molecular flexibility index (Phi) is 6.31. The first-order valence-electron chi connectivity index (χ1n) is 3.00. The monoisotopic (exact) mass is 124 g/mol. The molecule has 0 aromatic carbocycles. The molecule has 1 heteroatoms. The molecule has 0 amide bonds. The zero-order valence-electron chi connectivity index (χ0n) is 5.50. The molecule has 0 saturated heterocycles. The van der Waals surface area contributed by atoms with Gasteiger partial charge in [-0.2, -0.15) is 0 Å².